The molecule has 2 N–H and O–H groups in total. The zero-order valence-corrected chi connectivity index (χ0v) is 8.88. The van der Waals surface area contributed by atoms with Crippen molar-refractivity contribution in [2.45, 2.75) is 6.04 Å². The van der Waals surface area contributed by atoms with E-state index in [0.29, 0.717) is 11.6 Å². The van der Waals surface area contributed by atoms with Crippen LogP contribution in [0.3, 0.4) is 0 Å². The summed E-state index contributed by atoms with van der Waals surface area (Å²) >= 11 is 7.31. The lowest BCUT2D eigenvalue weighted by Gasteiger charge is -2.21. The molecule has 1 aliphatic heterocycles. The van der Waals surface area contributed by atoms with Gasteiger partial charge in [-0.2, -0.15) is 11.8 Å². The molecule has 13 heavy (non-hydrogen) atoms. The van der Waals surface area contributed by atoms with Gasteiger partial charge in [-0.05, 0) is 0 Å². The molecule has 0 aromatic rings. The maximum absolute atomic E-state index is 11.4. The molecule has 1 unspecified atom stereocenters. The Hall–Kier alpha value is -0.190. The highest BCUT2D eigenvalue weighted by Gasteiger charge is 2.20. The van der Waals surface area contributed by atoms with Gasteiger partial charge in [-0.1, -0.05) is 18.2 Å². The van der Waals surface area contributed by atoms with Crippen molar-refractivity contribution in [3.63, 3.8) is 0 Å². The Bertz CT molecular complexity index is 204. The molecule has 1 rings (SSSR count). The van der Waals surface area contributed by atoms with E-state index in [2.05, 4.69) is 17.2 Å². The predicted molar refractivity (Wildman–Crippen MR) is 57.1 cm³/mol. The minimum atomic E-state index is -0.0743. The molecule has 1 amide bonds. The van der Waals surface area contributed by atoms with Crippen molar-refractivity contribution in [1.82, 2.24) is 10.6 Å². The van der Waals surface area contributed by atoms with Gasteiger partial charge in [0, 0.05) is 23.1 Å². The van der Waals surface area contributed by atoms with Crippen molar-refractivity contribution in [1.29, 1.82) is 0 Å². The first-order valence-corrected chi connectivity index (χ1v) is 5.65. The summed E-state index contributed by atoms with van der Waals surface area (Å²) in [4.78, 5) is 11.4. The lowest BCUT2D eigenvalue weighted by atomic mass is 10.3. The van der Waals surface area contributed by atoms with E-state index >= 15 is 0 Å². The van der Waals surface area contributed by atoms with Gasteiger partial charge in [0.2, 0.25) is 5.91 Å². The summed E-state index contributed by atoms with van der Waals surface area (Å²) in [7, 11) is 0. The number of halogens is 1. The molecule has 74 valence electrons. The highest BCUT2D eigenvalue weighted by atomic mass is 35.5. The molecular formula is C8H13ClN2OS. The van der Waals surface area contributed by atoms with Crippen LogP contribution in [0.5, 0.6) is 0 Å². The first-order chi connectivity index (χ1) is 6.20. The van der Waals surface area contributed by atoms with Crippen LogP contribution in [0.1, 0.15) is 0 Å². The fourth-order valence-electron chi connectivity index (χ4n) is 1.04. The molecule has 5 heteroatoms. The van der Waals surface area contributed by atoms with Crippen LogP contribution in [0.4, 0.5) is 0 Å². The molecule has 1 aliphatic rings. The fourth-order valence-corrected chi connectivity index (χ4v) is 2.04. The Morgan fingerprint density at radius 3 is 3.08 bits per heavy atom. The molecule has 0 aromatic heterocycles. The number of nitrogens with one attached hydrogen (secondary N) is 2. The van der Waals surface area contributed by atoms with Crippen molar-refractivity contribution in [2.24, 2.45) is 0 Å². The van der Waals surface area contributed by atoms with E-state index in [9.17, 15) is 4.79 Å². The first-order valence-electron chi connectivity index (χ1n) is 4.12. The zero-order valence-electron chi connectivity index (χ0n) is 7.31. The Morgan fingerprint density at radius 1 is 1.77 bits per heavy atom. The predicted octanol–water partition coefficient (Wildman–Crippen LogP) is 0.560. The average Bonchev–Trinajstić information content (AvgIpc) is 2.15. The minimum Gasteiger partial charge on any atom is -0.350 e. The zero-order chi connectivity index (χ0) is 9.68. The molecule has 1 fully saturated rings. The molecule has 1 heterocycles. The second-order valence-corrected chi connectivity index (χ2v) is 4.50. The quantitative estimate of drug-likeness (QED) is 0.731. The van der Waals surface area contributed by atoms with Gasteiger partial charge in [0.1, 0.15) is 0 Å². The smallest absolute Gasteiger partial charge is 0.238 e. The van der Waals surface area contributed by atoms with E-state index in [1.165, 1.54) is 0 Å². The molecule has 0 spiro atoms. The maximum atomic E-state index is 11.4. The van der Waals surface area contributed by atoms with Gasteiger partial charge < -0.3 is 10.6 Å². The SMILES string of the molecule is C=C(Cl)CNC(=O)C1CSCCN1. The Labute approximate surface area is 87.3 Å². The van der Waals surface area contributed by atoms with E-state index in [0.717, 1.165) is 18.1 Å². The normalized spacial score (nSPS) is 22.4. The van der Waals surface area contributed by atoms with Crippen LogP contribution in [0.25, 0.3) is 0 Å². The summed E-state index contributed by atoms with van der Waals surface area (Å²) in [5.41, 5.74) is 0. The van der Waals surface area contributed by atoms with Gasteiger partial charge in [-0.25, -0.2) is 0 Å². The van der Waals surface area contributed by atoms with Crippen molar-refractivity contribution in [3.05, 3.63) is 11.6 Å². The van der Waals surface area contributed by atoms with Gasteiger partial charge in [0.25, 0.3) is 0 Å². The molecular weight excluding hydrogens is 208 g/mol. The standard InChI is InChI=1S/C8H13ClN2OS/c1-6(9)4-11-8(12)7-5-13-3-2-10-7/h7,10H,1-5H2,(H,11,12). The Balaban J connectivity index is 2.25. The molecule has 0 aliphatic carbocycles. The number of carbonyl (C=O) groups is 1. The molecule has 0 saturated carbocycles. The van der Waals surface area contributed by atoms with Gasteiger partial charge >= 0.3 is 0 Å². The lowest BCUT2D eigenvalue weighted by molar-refractivity contribution is -0.122. The summed E-state index contributed by atoms with van der Waals surface area (Å²) in [5.74, 6) is 1.92. The summed E-state index contributed by atoms with van der Waals surface area (Å²) in [5, 5.41) is 6.30. The van der Waals surface area contributed by atoms with Crippen LogP contribution in [0, 0.1) is 0 Å². The second kappa shape index (κ2) is 5.52. The average molecular weight is 221 g/mol. The minimum absolute atomic E-state index is 0.00833. The lowest BCUT2D eigenvalue weighted by Crippen LogP contribution is -2.49. The third-order valence-corrected chi connectivity index (χ3v) is 2.89. The second-order valence-electron chi connectivity index (χ2n) is 2.82. The molecule has 0 bridgehead atoms. The van der Waals surface area contributed by atoms with Crippen LogP contribution in [0.15, 0.2) is 11.6 Å². The van der Waals surface area contributed by atoms with Gasteiger partial charge in [-0.3, -0.25) is 4.79 Å². The van der Waals surface area contributed by atoms with Crippen molar-refractivity contribution in [2.75, 3.05) is 24.6 Å². The Morgan fingerprint density at radius 2 is 2.54 bits per heavy atom. The van der Waals surface area contributed by atoms with E-state index < -0.39 is 0 Å². The number of hydrogen-bond donors (Lipinski definition) is 2. The van der Waals surface area contributed by atoms with Crippen molar-refractivity contribution in [3.8, 4) is 0 Å². The van der Waals surface area contributed by atoms with Crippen LogP contribution >= 0.6 is 23.4 Å². The fraction of sp³-hybridized carbons (Fsp3) is 0.625. The number of amides is 1. The summed E-state index contributed by atoms with van der Waals surface area (Å²) in [6.07, 6.45) is 0. The summed E-state index contributed by atoms with van der Waals surface area (Å²) in [6, 6.07) is -0.0743. The number of thioether (sulfide) groups is 1. The molecule has 3 nitrogen and oxygen atoms in total. The first kappa shape index (κ1) is 10.9. The largest absolute Gasteiger partial charge is 0.350 e. The van der Waals surface area contributed by atoms with Crippen LogP contribution in [0.2, 0.25) is 0 Å². The number of rotatable bonds is 3. The van der Waals surface area contributed by atoms with Gasteiger partial charge in [0.15, 0.2) is 0 Å². The molecule has 0 radical (unpaired) electrons. The molecule has 1 atom stereocenters. The van der Waals surface area contributed by atoms with Crippen LogP contribution < -0.4 is 10.6 Å². The van der Waals surface area contributed by atoms with Gasteiger partial charge in [-0.15, -0.1) is 0 Å². The summed E-state index contributed by atoms with van der Waals surface area (Å²) < 4.78 is 0. The van der Waals surface area contributed by atoms with Crippen LogP contribution in [-0.4, -0.2) is 36.5 Å². The number of hydrogen-bond acceptors (Lipinski definition) is 3. The molecule has 1 saturated heterocycles. The molecule has 0 aromatic carbocycles. The third kappa shape index (κ3) is 4.02. The highest BCUT2D eigenvalue weighted by Crippen LogP contribution is 2.07. The Kier molecular flexibility index (Phi) is 4.62. The number of carbonyl (C=O) groups excluding carboxylic acids is 1. The topological polar surface area (TPSA) is 41.1 Å². The third-order valence-electron chi connectivity index (χ3n) is 1.69. The highest BCUT2D eigenvalue weighted by molar-refractivity contribution is 7.99. The van der Waals surface area contributed by atoms with Gasteiger partial charge in [0.05, 0.1) is 12.6 Å². The van der Waals surface area contributed by atoms with E-state index in [-0.39, 0.29) is 11.9 Å². The van der Waals surface area contributed by atoms with E-state index in [4.69, 9.17) is 11.6 Å². The van der Waals surface area contributed by atoms with Crippen LogP contribution in [-0.2, 0) is 4.79 Å². The van der Waals surface area contributed by atoms with Crippen molar-refractivity contribution < 1.29 is 4.79 Å². The van der Waals surface area contributed by atoms with E-state index in [1.807, 2.05) is 0 Å². The monoisotopic (exact) mass is 220 g/mol. The maximum Gasteiger partial charge on any atom is 0.238 e. The van der Waals surface area contributed by atoms with Crippen molar-refractivity contribution >= 4 is 29.3 Å². The van der Waals surface area contributed by atoms with E-state index in [1.54, 1.807) is 11.8 Å². The summed E-state index contributed by atoms with van der Waals surface area (Å²) in [6.45, 7) is 4.74.